The molecule has 13 unspecified atom stereocenters. The minimum Gasteiger partial charge on any atom is -0.508 e. The molecule has 7 amide bonds. The SMILES string of the molecule is CN[C@H](CC(C)C)C(=O)NC1C(=O)N[C@@H](CC(N)=O)C(=O)NC2C(=O)NC3C(=O)N[C@H](C(=O)N[C@@H](C(=O)O)c4cc(O)cc(O)c4-c4cc3ccc4O)[C@H](O)c3ccc(c(Cl)c3)Oc3cc2cc(c3OC2OC(CO)C(O)C(O)C2OC2CC(C)(NCC(OCc3ccc(C)cc3)C(=O)O)C(O)C(C)O2)Oc2ccc(cc2Cl)[C@H]1O. The van der Waals surface area contributed by atoms with Crippen LogP contribution in [0.4, 0.5) is 0 Å². The van der Waals surface area contributed by atoms with Crippen molar-refractivity contribution in [2.45, 2.75) is 176 Å². The summed E-state index contributed by atoms with van der Waals surface area (Å²) in [5.74, 6) is -17.8. The molecule has 0 radical (unpaired) electrons. The van der Waals surface area contributed by atoms with Crippen molar-refractivity contribution in [1.82, 2.24) is 42.5 Å². The van der Waals surface area contributed by atoms with Gasteiger partial charge in [0.05, 0.1) is 47.9 Å². The molecule has 0 spiro atoms. The van der Waals surface area contributed by atoms with Crippen LogP contribution >= 0.6 is 23.2 Å². The number of phenolic OH excluding ortho intramolecular Hbond substituents is 3. The van der Waals surface area contributed by atoms with Gasteiger partial charge in [-0.3, -0.25) is 33.6 Å². The Labute approximate surface area is 665 Å². The Morgan fingerprint density at radius 1 is 0.696 bits per heavy atom. The fraction of sp³-hybridized carbons (Fsp3) is 0.416. The number of hydrogen-bond acceptors (Lipinski definition) is 27. The fourth-order valence-electron chi connectivity index (χ4n) is 14.1. The molecule has 7 aliphatic rings. The van der Waals surface area contributed by atoms with Crippen LogP contribution in [0.5, 0.6) is 46.0 Å². The first-order valence-electron chi connectivity index (χ1n) is 36.3. The molecule has 7 heterocycles. The van der Waals surface area contributed by atoms with Gasteiger partial charge in [0.15, 0.2) is 36.0 Å². The predicted octanol–water partition coefficient (Wildman–Crippen LogP) is 1.72. The van der Waals surface area contributed by atoms with Crippen LogP contribution in [0.2, 0.25) is 10.0 Å². The quantitative estimate of drug-likeness (QED) is 0.0517. The number of carbonyl (C=O) groups is 9. The van der Waals surface area contributed by atoms with Crippen LogP contribution in [0.15, 0.2) is 103 Å². The molecule has 0 aromatic heterocycles. The number of hydrogen-bond donors (Lipinski definition) is 20. The number of aliphatic hydroxyl groups excluding tert-OH is 6. The van der Waals surface area contributed by atoms with E-state index >= 15 is 14.4 Å². The average molecular weight is 1640 g/mol. The van der Waals surface area contributed by atoms with E-state index in [9.17, 15) is 84.9 Å². The second kappa shape index (κ2) is 35.7. The number of nitrogens with two attached hydrogens (primary N) is 1. The summed E-state index contributed by atoms with van der Waals surface area (Å²) in [6.07, 6.45) is -21.3. The van der Waals surface area contributed by atoms with Crippen molar-refractivity contribution in [3.05, 3.63) is 152 Å². The van der Waals surface area contributed by atoms with E-state index in [1.165, 1.54) is 33.0 Å². The van der Waals surface area contributed by atoms with E-state index in [1.54, 1.807) is 12.1 Å². The normalized spacial score (nSPS) is 27.5. The van der Waals surface area contributed by atoms with Gasteiger partial charge in [0.25, 0.3) is 0 Å². The first-order valence-corrected chi connectivity index (χ1v) is 37.0. The summed E-state index contributed by atoms with van der Waals surface area (Å²) in [5, 5.41) is 146. The number of aryl methyl sites for hydroxylation is 1. The van der Waals surface area contributed by atoms with Gasteiger partial charge in [0.1, 0.15) is 89.5 Å². The zero-order valence-electron chi connectivity index (χ0n) is 62.3. The second-order valence-electron chi connectivity index (χ2n) is 29.1. The number of carboxylic acid groups (broad SMARTS) is 2. The van der Waals surface area contributed by atoms with Crippen molar-refractivity contribution in [3.63, 3.8) is 0 Å². The summed E-state index contributed by atoms with van der Waals surface area (Å²) in [5.41, 5.74) is 2.88. The maximum Gasteiger partial charge on any atom is 0.334 e. The van der Waals surface area contributed by atoms with Crippen molar-refractivity contribution < 1.29 is 132 Å². The molecular weight excluding hydrogens is 1550 g/mol. The number of carbonyl (C=O) groups excluding carboxylic acids is 7. The summed E-state index contributed by atoms with van der Waals surface area (Å²) in [7, 11) is 1.46. The number of fused-ring (bicyclic) bond motifs is 15. The molecule has 0 saturated carbocycles. The van der Waals surface area contributed by atoms with E-state index in [0.29, 0.717) is 5.56 Å². The standard InChI is InChI=1S/C77H87Cl2N9O27/c1-30(2)17-43(81-6)68(99)87-59-61(94)35-12-15-47(41(78)19-35)111-49-21-37-22-50(65(49)115-76-66(64(97)63(96)52(28-89)113-76)114-54-26-77(5,67(98)32(4)110-54)82-27-51(74(105)106)109-29-33-9-7-31(3)8-10-33)112-48-16-13-36(20-42(48)79)62(95)60-73(104)86-58(75(107)108)40-23-38(90)24-46(92)55(40)39-18-34(11-14-45(39)91)56(70(101)88-60)85-71(102)57(37)84-69(100)44(25-53(80)93)83-72(59)103/h7-16,18-24,30,32,43-44,51-52,54,56-64,66-67,76,81-82,89-92,94-98H,17,25-29H2,1-6H3,(H2,80,93)(H,83,103)(H,84,100)(H,85,102)(H,86,104)(H,87,99)(H,88,101)(H,105,106)(H,107,108)/t32?,43-,44+,51?,52?,54?,56?,57?,58-,59?,60+,61-,62-,63?,64?,66?,67?,76?,77?/m1/s1. The molecule has 2 saturated heterocycles. The smallest absolute Gasteiger partial charge is 0.334 e. The number of phenols is 3. The molecule has 2 fully saturated rings. The van der Waals surface area contributed by atoms with Gasteiger partial charge in [-0.1, -0.05) is 85.1 Å². The summed E-state index contributed by atoms with van der Waals surface area (Å²) in [6.45, 7) is 6.96. The van der Waals surface area contributed by atoms with Gasteiger partial charge in [-0.25, -0.2) is 9.59 Å². The highest BCUT2D eigenvalue weighted by Gasteiger charge is 2.53. The molecule has 19 atom stereocenters. The number of ether oxygens (including phenoxy) is 7. The van der Waals surface area contributed by atoms with Crippen LogP contribution in [0.1, 0.15) is 116 Å². The predicted molar refractivity (Wildman–Crippen MR) is 400 cm³/mol. The Morgan fingerprint density at radius 3 is 1.91 bits per heavy atom. The molecular formula is C77H87Cl2N9O27. The monoisotopic (exact) mass is 1640 g/mol. The minimum absolute atomic E-state index is 0.106. The van der Waals surface area contributed by atoms with Crippen LogP contribution in [-0.4, -0.2) is 215 Å². The molecule has 0 aliphatic carbocycles. The minimum atomic E-state index is -2.39. The number of primary amides is 1. The third-order valence-electron chi connectivity index (χ3n) is 20.3. The lowest BCUT2D eigenvalue weighted by Gasteiger charge is -2.48. The lowest BCUT2D eigenvalue weighted by Crippen LogP contribution is -2.66. The van der Waals surface area contributed by atoms with E-state index in [0.717, 1.165) is 72.3 Å². The van der Waals surface area contributed by atoms with E-state index in [-0.39, 0.29) is 47.8 Å². The van der Waals surface area contributed by atoms with Crippen molar-refractivity contribution in [2.24, 2.45) is 11.7 Å². The van der Waals surface area contributed by atoms with Gasteiger partial charge in [0, 0.05) is 41.3 Å². The molecule has 616 valence electrons. The molecule has 38 heteroatoms. The largest absolute Gasteiger partial charge is 0.508 e. The zero-order valence-corrected chi connectivity index (χ0v) is 63.8. The second-order valence-corrected chi connectivity index (χ2v) is 29.9. The maximum atomic E-state index is 16.2. The number of rotatable bonds is 20. The first-order chi connectivity index (χ1) is 54.4. The van der Waals surface area contributed by atoms with Crippen LogP contribution in [0.3, 0.4) is 0 Å². The van der Waals surface area contributed by atoms with Gasteiger partial charge in [-0.05, 0) is 123 Å². The zero-order chi connectivity index (χ0) is 83.5. The van der Waals surface area contributed by atoms with Crippen LogP contribution in [0, 0.1) is 12.8 Å². The summed E-state index contributed by atoms with van der Waals surface area (Å²) in [6, 6.07) is 6.07. The highest BCUT2D eigenvalue weighted by Crippen LogP contribution is 2.50. The van der Waals surface area contributed by atoms with Crippen molar-refractivity contribution >= 4 is 76.5 Å². The van der Waals surface area contributed by atoms with Crippen molar-refractivity contribution in [3.8, 4) is 57.1 Å². The number of aliphatic hydroxyl groups is 6. The van der Waals surface area contributed by atoms with Gasteiger partial charge in [0.2, 0.25) is 53.4 Å². The lowest BCUT2D eigenvalue weighted by atomic mass is 9.84. The van der Waals surface area contributed by atoms with Crippen molar-refractivity contribution in [1.29, 1.82) is 0 Å². The number of amides is 7. The van der Waals surface area contributed by atoms with E-state index in [1.807, 2.05) is 32.9 Å². The summed E-state index contributed by atoms with van der Waals surface area (Å²) >= 11 is 14.2. The Bertz CT molecular complexity index is 4720. The van der Waals surface area contributed by atoms with Crippen LogP contribution in [-0.2, 0) is 68.7 Å². The van der Waals surface area contributed by atoms with Gasteiger partial charge in [-0.2, -0.15) is 0 Å². The van der Waals surface area contributed by atoms with E-state index in [4.69, 9.17) is 62.1 Å². The summed E-state index contributed by atoms with van der Waals surface area (Å²) in [4.78, 5) is 130. The first kappa shape index (κ1) is 85.3. The number of aromatic hydroxyl groups is 3. The Hall–Kier alpha value is -10.5. The Kier molecular flexibility index (Phi) is 26.5. The topological polar surface area (TPSA) is 563 Å². The fourth-order valence-corrected chi connectivity index (χ4v) is 14.5. The average Bonchev–Trinajstić information content (AvgIpc) is 0.766. The summed E-state index contributed by atoms with van der Waals surface area (Å²) < 4.78 is 44.9. The van der Waals surface area contributed by atoms with Gasteiger partial charge in [-0.15, -0.1) is 0 Å². The Balaban J connectivity index is 1.11. The lowest BCUT2D eigenvalue weighted by molar-refractivity contribution is -0.334. The molecule has 13 rings (SSSR count). The van der Waals surface area contributed by atoms with E-state index in [2.05, 4.69) is 42.5 Å². The van der Waals surface area contributed by atoms with Crippen LogP contribution < -0.4 is 62.5 Å². The number of nitrogens with one attached hydrogen (secondary N) is 8. The van der Waals surface area contributed by atoms with Gasteiger partial charge >= 0.3 is 11.9 Å². The molecule has 21 N–H and O–H groups in total. The van der Waals surface area contributed by atoms with Crippen molar-refractivity contribution in [2.75, 3.05) is 20.2 Å². The molecule has 11 bridgehead atoms. The number of carboxylic acids is 2. The number of benzene rings is 6. The molecule has 6 aromatic carbocycles. The maximum absolute atomic E-state index is 16.2. The molecule has 6 aromatic rings. The Morgan fingerprint density at radius 2 is 1.31 bits per heavy atom. The molecule has 115 heavy (non-hydrogen) atoms. The van der Waals surface area contributed by atoms with Gasteiger partial charge < -0.3 is 138 Å². The van der Waals surface area contributed by atoms with Crippen LogP contribution in [0.25, 0.3) is 11.1 Å². The highest BCUT2D eigenvalue weighted by atomic mass is 35.5. The number of aliphatic carboxylic acids is 2. The third kappa shape index (κ3) is 19.0. The number of halogens is 2. The molecule has 7 aliphatic heterocycles. The third-order valence-corrected chi connectivity index (χ3v) is 20.9. The highest BCUT2D eigenvalue weighted by molar-refractivity contribution is 6.32. The van der Waals surface area contributed by atoms with E-state index < -0.39 is 261 Å². The molecule has 36 nitrogen and oxygen atoms in total. The number of likely N-dealkylation sites (N-methyl/N-ethyl adjacent to an activating group) is 1.